The number of hydrogen-bond donors (Lipinski definition) is 1. The topological polar surface area (TPSA) is 46.5 Å². The Balaban J connectivity index is 1.47. The van der Waals surface area contributed by atoms with Crippen molar-refractivity contribution in [2.24, 2.45) is 0 Å². The van der Waals surface area contributed by atoms with Gasteiger partial charge in [0.05, 0.1) is 16.7 Å². The molecular formula is C33H25N4Si. The van der Waals surface area contributed by atoms with E-state index in [4.69, 9.17) is 4.98 Å². The molecule has 0 saturated carbocycles. The Bertz CT molecular complexity index is 1850. The first-order valence-corrected chi connectivity index (χ1v) is 14.3. The van der Waals surface area contributed by atoms with Crippen LogP contribution >= 0.6 is 0 Å². The van der Waals surface area contributed by atoms with E-state index < -0.39 is 8.80 Å². The largest absolute Gasteiger partial charge is 0.309 e. The Kier molecular flexibility index (Phi) is 5.49. The van der Waals surface area contributed by atoms with Crippen LogP contribution in [-0.2, 0) is 0 Å². The summed E-state index contributed by atoms with van der Waals surface area (Å²) in [6.45, 7) is 2.03. The highest BCUT2D eigenvalue weighted by molar-refractivity contribution is 6.95. The molecule has 1 radical (unpaired) electrons. The summed E-state index contributed by atoms with van der Waals surface area (Å²) in [5.41, 5.74) is 6.62. The van der Waals surface area contributed by atoms with Crippen molar-refractivity contribution in [1.29, 1.82) is 0 Å². The van der Waals surface area contributed by atoms with Gasteiger partial charge in [-0.25, -0.2) is 0 Å². The number of rotatable bonds is 5. The number of pyridine rings is 1. The molecule has 181 valence electrons. The van der Waals surface area contributed by atoms with Gasteiger partial charge in [-0.3, -0.25) is 10.1 Å². The predicted octanol–water partition coefficient (Wildman–Crippen LogP) is 5.39. The lowest BCUT2D eigenvalue weighted by Crippen LogP contribution is -2.53. The normalized spacial score (nSPS) is 11.5. The highest BCUT2D eigenvalue weighted by atomic mass is 28.3. The number of nitrogens with one attached hydrogen (secondary N) is 1. The van der Waals surface area contributed by atoms with Gasteiger partial charge in [0.15, 0.2) is 8.80 Å². The monoisotopic (exact) mass is 505 g/mol. The van der Waals surface area contributed by atoms with Crippen molar-refractivity contribution >= 4 is 46.3 Å². The van der Waals surface area contributed by atoms with Crippen molar-refractivity contribution in [2.75, 3.05) is 0 Å². The average molecular weight is 506 g/mol. The van der Waals surface area contributed by atoms with E-state index in [0.29, 0.717) is 0 Å². The molecule has 7 rings (SSSR count). The van der Waals surface area contributed by atoms with Crippen molar-refractivity contribution in [3.8, 4) is 16.9 Å². The van der Waals surface area contributed by atoms with E-state index in [1.165, 1.54) is 32.2 Å². The fourth-order valence-corrected chi connectivity index (χ4v) is 7.80. The Hall–Kier alpha value is -4.74. The van der Waals surface area contributed by atoms with Gasteiger partial charge >= 0.3 is 0 Å². The highest BCUT2D eigenvalue weighted by Gasteiger charge is 2.23. The first-order valence-electron chi connectivity index (χ1n) is 12.8. The maximum atomic E-state index is 4.81. The summed E-state index contributed by atoms with van der Waals surface area (Å²) in [5, 5.41) is 13.9. The number of aromatic nitrogens is 4. The Labute approximate surface area is 222 Å². The van der Waals surface area contributed by atoms with Crippen LogP contribution in [0.5, 0.6) is 0 Å². The summed E-state index contributed by atoms with van der Waals surface area (Å²) in [7, 11) is -1.29. The summed E-state index contributed by atoms with van der Waals surface area (Å²) < 4.78 is 2.39. The third-order valence-electron chi connectivity index (χ3n) is 7.05. The number of nitrogens with zero attached hydrogens (tertiary/aromatic N) is 3. The van der Waals surface area contributed by atoms with Crippen LogP contribution in [0, 0.1) is 6.92 Å². The van der Waals surface area contributed by atoms with Crippen LogP contribution in [-0.4, -0.2) is 28.5 Å². The number of aromatic amines is 1. The zero-order chi connectivity index (χ0) is 25.5. The lowest BCUT2D eigenvalue weighted by Gasteiger charge is -2.16. The molecule has 0 bridgehead atoms. The minimum absolute atomic E-state index is 0.954. The SMILES string of the molecule is Cc1cc(-c2cccc(-n3c4ccccc4c4ccc([Si](c5ccccc5)c5ccccn5)cc43)c2)n[nH]1. The molecule has 1 N–H and O–H groups in total. The first-order chi connectivity index (χ1) is 18.8. The van der Waals surface area contributed by atoms with E-state index in [1.54, 1.807) is 0 Å². The lowest BCUT2D eigenvalue weighted by molar-refractivity contribution is 1.05. The summed E-state index contributed by atoms with van der Waals surface area (Å²) in [5.74, 6) is 0. The maximum absolute atomic E-state index is 4.81. The van der Waals surface area contributed by atoms with Crippen LogP contribution in [0.4, 0.5) is 0 Å². The van der Waals surface area contributed by atoms with Gasteiger partial charge in [0.25, 0.3) is 0 Å². The third-order valence-corrected chi connectivity index (χ3v) is 9.66. The van der Waals surface area contributed by atoms with Crippen LogP contribution in [0.25, 0.3) is 38.8 Å². The average Bonchev–Trinajstić information content (AvgIpc) is 3.55. The van der Waals surface area contributed by atoms with Crippen LogP contribution in [0.15, 0.2) is 128 Å². The van der Waals surface area contributed by atoms with Gasteiger partial charge in [-0.15, -0.1) is 0 Å². The van der Waals surface area contributed by atoms with Crippen LogP contribution in [0.1, 0.15) is 5.69 Å². The van der Waals surface area contributed by atoms with Crippen LogP contribution in [0.2, 0.25) is 0 Å². The molecule has 3 aromatic heterocycles. The van der Waals surface area contributed by atoms with Gasteiger partial charge in [0.2, 0.25) is 0 Å². The van der Waals surface area contributed by atoms with E-state index in [0.717, 1.165) is 28.0 Å². The van der Waals surface area contributed by atoms with Gasteiger partial charge in [0, 0.05) is 39.2 Å². The van der Waals surface area contributed by atoms with Gasteiger partial charge in [-0.1, -0.05) is 78.9 Å². The van der Waals surface area contributed by atoms with E-state index in [2.05, 4.69) is 130 Å². The summed E-state index contributed by atoms with van der Waals surface area (Å²) in [4.78, 5) is 4.81. The Morgan fingerprint density at radius 2 is 1.47 bits per heavy atom. The fraction of sp³-hybridized carbons (Fsp3) is 0.0303. The molecule has 0 amide bonds. The minimum Gasteiger partial charge on any atom is -0.309 e. The van der Waals surface area contributed by atoms with Crippen molar-refractivity contribution in [2.45, 2.75) is 6.92 Å². The standard InChI is InChI=1S/C33H25N4Si/c1-23-20-30(36-35-23)24-10-9-11-25(21-24)37-31-15-6-5-14-28(31)29-18-17-27(22-32(29)37)38(26-12-3-2-4-13-26)33-16-7-8-19-34-33/h2-22H,1H3,(H,35,36). The van der Waals surface area contributed by atoms with Crippen molar-refractivity contribution in [1.82, 2.24) is 19.7 Å². The number of benzene rings is 4. The molecule has 0 fully saturated rings. The van der Waals surface area contributed by atoms with E-state index >= 15 is 0 Å². The van der Waals surface area contributed by atoms with Gasteiger partial charge < -0.3 is 4.57 Å². The number of fused-ring (bicyclic) bond motifs is 3. The molecule has 0 atom stereocenters. The number of para-hydroxylation sites is 1. The smallest absolute Gasteiger partial charge is 0.179 e. The van der Waals surface area contributed by atoms with Crippen molar-refractivity contribution < 1.29 is 0 Å². The first kappa shape index (κ1) is 22.5. The second-order valence-electron chi connectivity index (χ2n) is 9.53. The minimum atomic E-state index is -1.29. The molecular weight excluding hydrogens is 480 g/mol. The molecule has 0 aliphatic rings. The molecule has 3 heterocycles. The zero-order valence-corrected chi connectivity index (χ0v) is 22.0. The molecule has 38 heavy (non-hydrogen) atoms. The second kappa shape index (κ2) is 9.29. The number of H-pyrrole nitrogens is 1. The molecule has 0 saturated heterocycles. The van der Waals surface area contributed by atoms with Crippen molar-refractivity contribution in [3.63, 3.8) is 0 Å². The Morgan fingerprint density at radius 1 is 0.658 bits per heavy atom. The maximum Gasteiger partial charge on any atom is 0.179 e. The quantitative estimate of drug-likeness (QED) is 0.319. The molecule has 7 aromatic rings. The van der Waals surface area contributed by atoms with E-state index in [-0.39, 0.29) is 0 Å². The third kappa shape index (κ3) is 3.85. The van der Waals surface area contributed by atoms with Gasteiger partial charge in [-0.05, 0) is 59.8 Å². The predicted molar refractivity (Wildman–Crippen MR) is 158 cm³/mol. The van der Waals surface area contributed by atoms with Gasteiger partial charge in [0.1, 0.15) is 0 Å². The number of aryl methyl sites for hydroxylation is 1. The van der Waals surface area contributed by atoms with E-state index in [1.807, 2.05) is 19.2 Å². The summed E-state index contributed by atoms with van der Waals surface area (Å²) in [6, 6.07) is 43.4. The van der Waals surface area contributed by atoms with Crippen molar-refractivity contribution in [3.05, 3.63) is 133 Å². The van der Waals surface area contributed by atoms with Crippen LogP contribution in [0.3, 0.4) is 0 Å². The van der Waals surface area contributed by atoms with Gasteiger partial charge in [-0.2, -0.15) is 5.10 Å². The molecule has 0 aliphatic heterocycles. The summed E-state index contributed by atoms with van der Waals surface area (Å²) in [6.07, 6.45) is 1.90. The van der Waals surface area contributed by atoms with Crippen LogP contribution < -0.4 is 15.7 Å². The highest BCUT2D eigenvalue weighted by Crippen LogP contribution is 2.32. The fourth-order valence-electron chi connectivity index (χ4n) is 5.35. The van der Waals surface area contributed by atoms with E-state index in [9.17, 15) is 0 Å². The summed E-state index contributed by atoms with van der Waals surface area (Å²) >= 11 is 0. The number of hydrogen-bond acceptors (Lipinski definition) is 2. The molecule has 4 aromatic carbocycles. The zero-order valence-electron chi connectivity index (χ0n) is 21.0. The molecule has 5 heteroatoms. The molecule has 0 unspecified atom stereocenters. The molecule has 4 nitrogen and oxygen atoms in total. The molecule has 0 aliphatic carbocycles. The Morgan fingerprint density at radius 3 is 2.29 bits per heavy atom. The second-order valence-corrected chi connectivity index (χ2v) is 11.9. The molecule has 0 spiro atoms. The lowest BCUT2D eigenvalue weighted by atomic mass is 10.1.